The molecule has 0 aliphatic carbocycles. The third-order valence-corrected chi connectivity index (χ3v) is 3.24. The first-order valence-electron chi connectivity index (χ1n) is 4.40. The summed E-state index contributed by atoms with van der Waals surface area (Å²) in [4.78, 5) is 0. The molecule has 0 aromatic carbocycles. The Labute approximate surface area is 87.5 Å². The van der Waals surface area contributed by atoms with Crippen molar-refractivity contribution in [1.29, 1.82) is 0 Å². The summed E-state index contributed by atoms with van der Waals surface area (Å²) in [5.41, 5.74) is 1.28. The first kappa shape index (κ1) is 10.0. The average molecular weight is 278 g/mol. The highest BCUT2D eigenvalue weighted by Gasteiger charge is 2.08. The van der Waals surface area contributed by atoms with Crippen molar-refractivity contribution in [3.63, 3.8) is 0 Å². The molecule has 0 bridgehead atoms. The second-order valence-corrected chi connectivity index (χ2v) is 4.08. The zero-order valence-corrected chi connectivity index (χ0v) is 10.00. The summed E-state index contributed by atoms with van der Waals surface area (Å²) < 4.78 is 3.22. The number of aromatic nitrogens is 2. The molecule has 3 heteroatoms. The number of halogens is 1. The largest absolute Gasteiger partial charge is 0.268 e. The lowest BCUT2D eigenvalue weighted by atomic mass is 10.2. The lowest BCUT2D eigenvalue weighted by molar-refractivity contribution is 0.426. The van der Waals surface area contributed by atoms with Crippen molar-refractivity contribution in [3.05, 3.63) is 15.5 Å². The molecule has 0 spiro atoms. The van der Waals surface area contributed by atoms with Gasteiger partial charge in [0.15, 0.2) is 0 Å². The fourth-order valence-electron chi connectivity index (χ4n) is 1.31. The Morgan fingerprint density at radius 3 is 2.42 bits per heavy atom. The van der Waals surface area contributed by atoms with E-state index < -0.39 is 0 Å². The monoisotopic (exact) mass is 278 g/mol. The summed E-state index contributed by atoms with van der Waals surface area (Å²) >= 11 is 2.28. The maximum absolute atomic E-state index is 4.46. The maximum Gasteiger partial charge on any atom is 0.126 e. The van der Waals surface area contributed by atoms with E-state index in [0.717, 1.165) is 16.5 Å². The van der Waals surface area contributed by atoms with E-state index in [1.165, 1.54) is 5.56 Å². The minimum atomic E-state index is 0.576. The SMILES string of the molecule is CCC(CC)n1cc(C)c(I)n1. The zero-order chi connectivity index (χ0) is 9.14. The van der Waals surface area contributed by atoms with E-state index in [1.54, 1.807) is 0 Å². The van der Waals surface area contributed by atoms with Crippen LogP contribution < -0.4 is 0 Å². The van der Waals surface area contributed by atoms with Crippen LogP contribution >= 0.6 is 22.6 Å². The summed E-state index contributed by atoms with van der Waals surface area (Å²) in [6.07, 6.45) is 4.46. The number of rotatable bonds is 3. The molecule has 1 rings (SSSR count). The van der Waals surface area contributed by atoms with Crippen molar-refractivity contribution in [1.82, 2.24) is 9.78 Å². The van der Waals surface area contributed by atoms with Crippen molar-refractivity contribution in [3.8, 4) is 0 Å². The molecule has 0 aliphatic rings. The van der Waals surface area contributed by atoms with E-state index in [-0.39, 0.29) is 0 Å². The minimum absolute atomic E-state index is 0.576. The molecule has 0 unspecified atom stereocenters. The normalized spacial score (nSPS) is 11.1. The summed E-state index contributed by atoms with van der Waals surface area (Å²) in [5, 5.41) is 4.46. The molecule has 0 N–H and O–H groups in total. The molecule has 1 heterocycles. The van der Waals surface area contributed by atoms with Gasteiger partial charge in [-0.05, 0) is 42.4 Å². The number of aryl methyl sites for hydroxylation is 1. The van der Waals surface area contributed by atoms with Crippen LogP contribution in [0.2, 0.25) is 0 Å². The summed E-state index contributed by atoms with van der Waals surface area (Å²) in [5.74, 6) is 0. The van der Waals surface area contributed by atoms with Gasteiger partial charge in [0, 0.05) is 11.8 Å². The van der Waals surface area contributed by atoms with Gasteiger partial charge in [0.2, 0.25) is 0 Å². The Bertz CT molecular complexity index is 232. The molecule has 0 fully saturated rings. The van der Waals surface area contributed by atoms with Crippen molar-refractivity contribution < 1.29 is 0 Å². The van der Waals surface area contributed by atoms with Gasteiger partial charge in [0.25, 0.3) is 0 Å². The van der Waals surface area contributed by atoms with Crippen LogP contribution in [0.15, 0.2) is 6.20 Å². The molecule has 0 amide bonds. The van der Waals surface area contributed by atoms with Crippen LogP contribution in [0.1, 0.15) is 38.3 Å². The predicted octanol–water partition coefficient (Wildman–Crippen LogP) is 3.16. The highest BCUT2D eigenvalue weighted by molar-refractivity contribution is 14.1. The van der Waals surface area contributed by atoms with Gasteiger partial charge < -0.3 is 0 Å². The molecule has 68 valence electrons. The van der Waals surface area contributed by atoms with Gasteiger partial charge >= 0.3 is 0 Å². The van der Waals surface area contributed by atoms with Gasteiger partial charge in [0.05, 0.1) is 6.04 Å². The Morgan fingerprint density at radius 1 is 1.50 bits per heavy atom. The molecule has 0 radical (unpaired) electrons. The first-order chi connectivity index (χ1) is 5.69. The fraction of sp³-hybridized carbons (Fsp3) is 0.667. The Hall–Kier alpha value is -0.0600. The highest BCUT2D eigenvalue weighted by atomic mass is 127. The van der Waals surface area contributed by atoms with Crippen molar-refractivity contribution in [2.75, 3.05) is 0 Å². The second-order valence-electron chi connectivity index (χ2n) is 3.05. The van der Waals surface area contributed by atoms with Crippen molar-refractivity contribution in [2.24, 2.45) is 0 Å². The zero-order valence-electron chi connectivity index (χ0n) is 7.84. The van der Waals surface area contributed by atoms with Crippen LogP contribution in [0.4, 0.5) is 0 Å². The highest BCUT2D eigenvalue weighted by Crippen LogP contribution is 2.17. The fourth-order valence-corrected chi connectivity index (χ4v) is 1.70. The first-order valence-corrected chi connectivity index (χ1v) is 5.48. The van der Waals surface area contributed by atoms with Crippen molar-refractivity contribution >= 4 is 22.6 Å². The summed E-state index contributed by atoms with van der Waals surface area (Å²) in [6, 6.07) is 0.576. The summed E-state index contributed by atoms with van der Waals surface area (Å²) in [7, 11) is 0. The van der Waals surface area contributed by atoms with Gasteiger partial charge in [-0.2, -0.15) is 5.10 Å². The molecule has 2 nitrogen and oxygen atoms in total. The van der Waals surface area contributed by atoms with E-state index in [2.05, 4.69) is 59.3 Å². The van der Waals surface area contributed by atoms with Gasteiger partial charge in [-0.1, -0.05) is 13.8 Å². The molecular weight excluding hydrogens is 263 g/mol. The Morgan fingerprint density at radius 2 is 2.08 bits per heavy atom. The van der Waals surface area contributed by atoms with E-state index in [4.69, 9.17) is 0 Å². The van der Waals surface area contributed by atoms with Crippen LogP contribution in [0.25, 0.3) is 0 Å². The molecule has 0 saturated carbocycles. The lowest BCUT2D eigenvalue weighted by Gasteiger charge is -2.11. The molecule has 1 aromatic rings. The van der Waals surface area contributed by atoms with E-state index in [1.807, 2.05) is 0 Å². The van der Waals surface area contributed by atoms with E-state index in [9.17, 15) is 0 Å². The third kappa shape index (κ3) is 2.00. The Kier molecular flexibility index (Phi) is 3.55. The molecule has 0 atom stereocenters. The average Bonchev–Trinajstić information content (AvgIpc) is 2.35. The van der Waals surface area contributed by atoms with Gasteiger partial charge in [-0.3, -0.25) is 4.68 Å². The minimum Gasteiger partial charge on any atom is -0.268 e. The smallest absolute Gasteiger partial charge is 0.126 e. The second kappa shape index (κ2) is 4.25. The third-order valence-electron chi connectivity index (χ3n) is 2.17. The topological polar surface area (TPSA) is 17.8 Å². The van der Waals surface area contributed by atoms with Gasteiger partial charge in [-0.25, -0.2) is 0 Å². The van der Waals surface area contributed by atoms with Crippen LogP contribution in [-0.2, 0) is 0 Å². The van der Waals surface area contributed by atoms with Crippen molar-refractivity contribution in [2.45, 2.75) is 39.7 Å². The molecule has 1 aromatic heterocycles. The number of hydrogen-bond acceptors (Lipinski definition) is 1. The van der Waals surface area contributed by atoms with Crippen LogP contribution in [0.5, 0.6) is 0 Å². The Balaban J connectivity index is 2.86. The quantitative estimate of drug-likeness (QED) is 0.776. The van der Waals surface area contributed by atoms with E-state index >= 15 is 0 Å². The predicted molar refractivity (Wildman–Crippen MR) is 59.3 cm³/mol. The number of hydrogen-bond donors (Lipinski definition) is 0. The molecule has 0 saturated heterocycles. The number of nitrogens with zero attached hydrogens (tertiary/aromatic N) is 2. The van der Waals surface area contributed by atoms with Gasteiger partial charge in [-0.15, -0.1) is 0 Å². The molecule has 0 aliphatic heterocycles. The standard InChI is InChI=1S/C9H15IN2/c1-4-8(5-2)12-6-7(3)9(10)11-12/h6,8H,4-5H2,1-3H3. The molecule has 12 heavy (non-hydrogen) atoms. The van der Waals surface area contributed by atoms with Gasteiger partial charge in [0.1, 0.15) is 3.70 Å². The van der Waals surface area contributed by atoms with E-state index in [0.29, 0.717) is 6.04 Å². The molecular formula is C9H15IN2. The van der Waals surface area contributed by atoms with Crippen LogP contribution in [-0.4, -0.2) is 9.78 Å². The maximum atomic E-state index is 4.46. The van der Waals surface area contributed by atoms with Crippen LogP contribution in [0.3, 0.4) is 0 Å². The lowest BCUT2D eigenvalue weighted by Crippen LogP contribution is -2.07. The van der Waals surface area contributed by atoms with Crippen LogP contribution in [0, 0.1) is 10.6 Å². The summed E-state index contributed by atoms with van der Waals surface area (Å²) in [6.45, 7) is 6.52.